The number of aryl methyl sites for hydroxylation is 1. The second-order valence-corrected chi connectivity index (χ2v) is 6.61. The fourth-order valence-corrected chi connectivity index (χ4v) is 3.30. The van der Waals surface area contributed by atoms with Gasteiger partial charge in [-0.25, -0.2) is 18.2 Å². The van der Waals surface area contributed by atoms with Gasteiger partial charge in [0.05, 0.1) is 12.1 Å². The molecule has 0 atom stereocenters. The molecule has 0 aliphatic heterocycles. The summed E-state index contributed by atoms with van der Waals surface area (Å²) in [5, 5.41) is 3.11. The van der Waals surface area contributed by atoms with Gasteiger partial charge in [-0.15, -0.1) is 0 Å². The van der Waals surface area contributed by atoms with E-state index in [4.69, 9.17) is 0 Å². The van der Waals surface area contributed by atoms with Gasteiger partial charge in [0.1, 0.15) is 23.3 Å². The van der Waals surface area contributed by atoms with Gasteiger partial charge in [-0.05, 0) is 47.9 Å². The Morgan fingerprint density at radius 2 is 1.86 bits per heavy atom. The molecule has 8 heteroatoms. The first-order valence-corrected chi connectivity index (χ1v) is 9.02. The Labute approximate surface area is 164 Å². The number of hydrogen-bond acceptors (Lipinski definition) is 2. The van der Waals surface area contributed by atoms with Crippen LogP contribution in [-0.2, 0) is 17.8 Å². The number of nitrogens with one attached hydrogen (secondary N) is 3. The number of rotatable bonds is 6. The normalized spacial score (nSPS) is 11.1. The van der Waals surface area contributed by atoms with Crippen molar-refractivity contribution in [2.45, 2.75) is 19.4 Å². The molecule has 0 aliphatic rings. The first-order chi connectivity index (χ1) is 14.0. The molecular formula is C21H17F3N4O. The third-order valence-corrected chi connectivity index (χ3v) is 4.67. The van der Waals surface area contributed by atoms with Gasteiger partial charge in [0, 0.05) is 36.0 Å². The predicted octanol–water partition coefficient (Wildman–Crippen LogP) is 4.22. The predicted molar refractivity (Wildman–Crippen MR) is 102 cm³/mol. The maximum absolute atomic E-state index is 14.3. The number of carbonyl (C=O) groups is 1. The molecule has 0 bridgehead atoms. The number of hydrogen-bond donors (Lipinski definition) is 3. The summed E-state index contributed by atoms with van der Waals surface area (Å²) >= 11 is 0. The number of H-pyrrole nitrogens is 2. The Kier molecular flexibility index (Phi) is 5.07. The van der Waals surface area contributed by atoms with Crippen LogP contribution in [0.5, 0.6) is 0 Å². The van der Waals surface area contributed by atoms with Crippen molar-refractivity contribution in [3.63, 3.8) is 0 Å². The SMILES string of the molecule is O=C(CCc1c(-c2ccc(F)cc2)[nH]c2c(F)cc(F)cc12)NCc1ncc[nH]1. The van der Waals surface area contributed by atoms with E-state index in [1.54, 1.807) is 24.5 Å². The highest BCUT2D eigenvalue weighted by molar-refractivity contribution is 5.92. The van der Waals surface area contributed by atoms with Crippen LogP contribution in [0.15, 0.2) is 48.8 Å². The first-order valence-electron chi connectivity index (χ1n) is 9.02. The molecule has 2 aromatic carbocycles. The molecule has 0 saturated heterocycles. The molecule has 0 aliphatic carbocycles. The van der Waals surface area contributed by atoms with Crippen LogP contribution in [0.4, 0.5) is 13.2 Å². The molecule has 0 radical (unpaired) electrons. The van der Waals surface area contributed by atoms with E-state index < -0.39 is 17.5 Å². The van der Waals surface area contributed by atoms with Gasteiger partial charge >= 0.3 is 0 Å². The molecule has 0 saturated carbocycles. The number of imidazole rings is 1. The van der Waals surface area contributed by atoms with Crippen LogP contribution in [0.3, 0.4) is 0 Å². The minimum atomic E-state index is -0.725. The number of aromatic amines is 2. The molecule has 0 fully saturated rings. The van der Waals surface area contributed by atoms with Gasteiger partial charge in [-0.3, -0.25) is 4.79 Å². The molecule has 1 amide bonds. The Hall–Kier alpha value is -3.55. The van der Waals surface area contributed by atoms with Crippen LogP contribution < -0.4 is 5.32 Å². The molecule has 0 spiro atoms. The first kappa shape index (κ1) is 18.8. The van der Waals surface area contributed by atoms with Crippen molar-refractivity contribution in [2.24, 2.45) is 0 Å². The molecule has 3 N–H and O–H groups in total. The van der Waals surface area contributed by atoms with Crippen molar-refractivity contribution in [1.29, 1.82) is 0 Å². The summed E-state index contributed by atoms with van der Waals surface area (Å²) in [6.07, 6.45) is 3.61. The van der Waals surface area contributed by atoms with Crippen molar-refractivity contribution in [1.82, 2.24) is 20.3 Å². The van der Waals surface area contributed by atoms with Crippen molar-refractivity contribution >= 4 is 16.8 Å². The third-order valence-electron chi connectivity index (χ3n) is 4.67. The number of aromatic nitrogens is 3. The van der Waals surface area contributed by atoms with Gasteiger partial charge in [0.15, 0.2) is 0 Å². The number of carbonyl (C=O) groups excluding carboxylic acids is 1. The van der Waals surface area contributed by atoms with E-state index >= 15 is 0 Å². The fraction of sp³-hybridized carbons (Fsp3) is 0.143. The summed E-state index contributed by atoms with van der Waals surface area (Å²) in [6.45, 7) is 0.258. The Bertz CT molecular complexity index is 1150. The summed E-state index contributed by atoms with van der Waals surface area (Å²) in [5.74, 6) is -1.43. The van der Waals surface area contributed by atoms with E-state index in [1.807, 2.05) is 0 Å². The van der Waals surface area contributed by atoms with E-state index in [0.29, 0.717) is 28.0 Å². The number of fused-ring (bicyclic) bond motifs is 1. The molecule has 4 aromatic rings. The summed E-state index contributed by atoms with van der Waals surface area (Å²) in [5.41, 5.74) is 1.90. The van der Waals surface area contributed by atoms with Gasteiger partial charge in [-0.2, -0.15) is 0 Å². The van der Waals surface area contributed by atoms with Crippen LogP contribution in [0.1, 0.15) is 17.8 Å². The quantitative estimate of drug-likeness (QED) is 0.455. The molecule has 29 heavy (non-hydrogen) atoms. The van der Waals surface area contributed by atoms with E-state index in [-0.39, 0.29) is 30.8 Å². The minimum Gasteiger partial charge on any atom is -0.352 e. The van der Waals surface area contributed by atoms with Crippen LogP contribution >= 0.6 is 0 Å². The second-order valence-electron chi connectivity index (χ2n) is 6.61. The lowest BCUT2D eigenvalue weighted by molar-refractivity contribution is -0.121. The van der Waals surface area contributed by atoms with Crippen LogP contribution in [0.2, 0.25) is 0 Å². The van der Waals surface area contributed by atoms with E-state index in [0.717, 1.165) is 6.07 Å². The number of benzene rings is 2. The van der Waals surface area contributed by atoms with Gasteiger partial charge < -0.3 is 15.3 Å². The van der Waals surface area contributed by atoms with Crippen molar-refractivity contribution in [3.8, 4) is 11.3 Å². The highest BCUT2D eigenvalue weighted by Gasteiger charge is 2.18. The van der Waals surface area contributed by atoms with Crippen LogP contribution in [0.25, 0.3) is 22.2 Å². The van der Waals surface area contributed by atoms with E-state index in [2.05, 4.69) is 20.3 Å². The van der Waals surface area contributed by atoms with Crippen molar-refractivity contribution in [3.05, 3.63) is 77.6 Å². The maximum Gasteiger partial charge on any atom is 0.220 e. The maximum atomic E-state index is 14.3. The third kappa shape index (κ3) is 4.01. The van der Waals surface area contributed by atoms with Crippen LogP contribution in [-0.4, -0.2) is 20.9 Å². The summed E-state index contributed by atoms with van der Waals surface area (Å²) in [4.78, 5) is 22.1. The smallest absolute Gasteiger partial charge is 0.220 e. The lowest BCUT2D eigenvalue weighted by Crippen LogP contribution is -2.23. The zero-order chi connectivity index (χ0) is 20.4. The van der Waals surface area contributed by atoms with E-state index in [1.165, 1.54) is 18.2 Å². The van der Waals surface area contributed by atoms with E-state index in [9.17, 15) is 18.0 Å². The van der Waals surface area contributed by atoms with Crippen molar-refractivity contribution < 1.29 is 18.0 Å². The van der Waals surface area contributed by atoms with Crippen LogP contribution in [0, 0.1) is 17.5 Å². The second kappa shape index (κ2) is 7.83. The highest BCUT2D eigenvalue weighted by Crippen LogP contribution is 2.33. The fourth-order valence-electron chi connectivity index (χ4n) is 3.30. The lowest BCUT2D eigenvalue weighted by atomic mass is 10.0. The summed E-state index contributed by atoms with van der Waals surface area (Å²) < 4.78 is 41.4. The number of halogens is 3. The minimum absolute atomic E-state index is 0.111. The van der Waals surface area contributed by atoms with Gasteiger partial charge in [0.25, 0.3) is 0 Å². The lowest BCUT2D eigenvalue weighted by Gasteiger charge is -2.07. The number of amides is 1. The Morgan fingerprint density at radius 1 is 1.07 bits per heavy atom. The summed E-state index contributed by atoms with van der Waals surface area (Å²) in [7, 11) is 0. The zero-order valence-electron chi connectivity index (χ0n) is 15.2. The van der Waals surface area contributed by atoms with Crippen molar-refractivity contribution in [2.75, 3.05) is 0 Å². The Morgan fingerprint density at radius 3 is 2.59 bits per heavy atom. The molecular weight excluding hydrogens is 381 g/mol. The molecule has 4 rings (SSSR count). The standard InChI is InChI=1S/C21H17F3N4O/c22-13-3-1-12(2-4-13)20-15(16-9-14(23)10-17(24)21(16)28-20)5-6-19(29)27-11-18-25-7-8-26-18/h1-4,7-10,28H,5-6,11H2,(H,25,26)(H,27,29). The largest absolute Gasteiger partial charge is 0.352 e. The average molecular weight is 398 g/mol. The highest BCUT2D eigenvalue weighted by atomic mass is 19.1. The molecule has 5 nitrogen and oxygen atoms in total. The number of nitrogens with zero attached hydrogens (tertiary/aromatic N) is 1. The molecule has 0 unspecified atom stereocenters. The molecule has 148 valence electrons. The molecule has 2 heterocycles. The van der Waals surface area contributed by atoms with Gasteiger partial charge in [0.2, 0.25) is 5.91 Å². The Balaban J connectivity index is 1.63. The molecule has 2 aromatic heterocycles. The van der Waals surface area contributed by atoms with Gasteiger partial charge in [-0.1, -0.05) is 0 Å². The summed E-state index contributed by atoms with van der Waals surface area (Å²) in [6, 6.07) is 7.71. The monoisotopic (exact) mass is 398 g/mol. The average Bonchev–Trinajstić information content (AvgIpc) is 3.33. The zero-order valence-corrected chi connectivity index (χ0v) is 15.2. The topological polar surface area (TPSA) is 73.6 Å².